The van der Waals surface area contributed by atoms with Crippen LogP contribution in [0.5, 0.6) is 0 Å². The van der Waals surface area contributed by atoms with Gasteiger partial charge in [0, 0.05) is 41.1 Å². The summed E-state index contributed by atoms with van der Waals surface area (Å²) in [7, 11) is 0. The van der Waals surface area contributed by atoms with E-state index in [0.717, 1.165) is 0 Å². The largest absolute Gasteiger partial charge is 0.141 e. The number of hydrogen-bond acceptors (Lipinski definition) is 2. The molecule has 0 aliphatic carbocycles. The predicted octanol–water partition coefficient (Wildman–Crippen LogP) is 15.7. The van der Waals surface area contributed by atoms with Gasteiger partial charge in [-0.2, -0.15) is 0 Å². The van der Waals surface area contributed by atoms with Gasteiger partial charge in [0.15, 0.2) is 0 Å². The first-order valence-corrected chi connectivity index (χ1v) is 19.8. The van der Waals surface area contributed by atoms with Crippen LogP contribution in [-0.4, -0.2) is 0 Å². The highest BCUT2D eigenvalue weighted by Gasteiger charge is 2.21. The van der Waals surface area contributed by atoms with E-state index < -0.39 is 0 Å². The SMILES string of the molecule is Cc1ccc(-c2c3ccccc3c(-c3cccc4c3sc3ccc(-c5c6ccccc6c(-c6ccccc6)c6ccccc56)cc34)c3ccccc23)s1. The highest BCUT2D eigenvalue weighted by atomic mass is 32.1. The van der Waals surface area contributed by atoms with Crippen molar-refractivity contribution < 1.29 is 0 Å². The second-order valence-corrected chi connectivity index (χ2v) is 16.3. The van der Waals surface area contributed by atoms with Crippen LogP contribution < -0.4 is 0 Å². The molecule has 0 saturated heterocycles. The van der Waals surface area contributed by atoms with Gasteiger partial charge in [-0.15, -0.1) is 22.7 Å². The second-order valence-electron chi connectivity index (χ2n) is 14.0. The van der Waals surface area contributed by atoms with Crippen LogP contribution in [0.4, 0.5) is 0 Å². The molecule has 0 nitrogen and oxygen atoms in total. The van der Waals surface area contributed by atoms with E-state index in [1.165, 1.54) is 112 Å². The summed E-state index contributed by atoms with van der Waals surface area (Å²) in [5.41, 5.74) is 9.05. The van der Waals surface area contributed by atoms with Gasteiger partial charge in [-0.1, -0.05) is 152 Å². The zero-order chi connectivity index (χ0) is 35.0. The van der Waals surface area contributed by atoms with Crippen molar-refractivity contribution in [3.8, 4) is 43.8 Å². The van der Waals surface area contributed by atoms with Crippen LogP contribution in [0.2, 0.25) is 0 Å². The molecule has 2 heteroatoms. The second kappa shape index (κ2) is 12.0. The maximum atomic E-state index is 2.45. The van der Waals surface area contributed by atoms with Crippen LogP contribution in [0.3, 0.4) is 0 Å². The van der Waals surface area contributed by atoms with Gasteiger partial charge in [0.2, 0.25) is 0 Å². The van der Waals surface area contributed by atoms with E-state index in [2.05, 4.69) is 183 Å². The Labute approximate surface area is 315 Å². The molecule has 2 heterocycles. The Bertz CT molecular complexity index is 3120. The summed E-state index contributed by atoms with van der Waals surface area (Å²) in [6.45, 7) is 2.20. The summed E-state index contributed by atoms with van der Waals surface area (Å²) < 4.78 is 2.65. The number of thiophene rings is 2. The predicted molar refractivity (Wildman–Crippen MR) is 234 cm³/mol. The van der Waals surface area contributed by atoms with Crippen molar-refractivity contribution in [2.45, 2.75) is 6.92 Å². The Hall–Kier alpha value is -6.06. The third-order valence-corrected chi connectivity index (χ3v) is 13.2. The highest BCUT2D eigenvalue weighted by Crippen LogP contribution is 2.50. The lowest BCUT2D eigenvalue weighted by Gasteiger charge is -2.18. The molecule has 53 heavy (non-hydrogen) atoms. The first-order valence-electron chi connectivity index (χ1n) is 18.2. The molecule has 0 saturated carbocycles. The van der Waals surface area contributed by atoms with Gasteiger partial charge in [-0.3, -0.25) is 0 Å². The maximum absolute atomic E-state index is 2.45. The van der Waals surface area contributed by atoms with E-state index in [0.29, 0.717) is 0 Å². The molecule has 0 spiro atoms. The first-order chi connectivity index (χ1) is 26.2. The Morgan fingerprint density at radius 1 is 0.321 bits per heavy atom. The van der Waals surface area contributed by atoms with Crippen molar-refractivity contribution in [2.24, 2.45) is 0 Å². The zero-order valence-corrected chi connectivity index (χ0v) is 30.7. The smallest absolute Gasteiger partial charge is 0.0434 e. The van der Waals surface area contributed by atoms with Gasteiger partial charge in [0.05, 0.1) is 0 Å². The number of aryl methyl sites for hydroxylation is 1. The fraction of sp³-hybridized carbons (Fsp3) is 0.0196. The van der Waals surface area contributed by atoms with E-state index in [9.17, 15) is 0 Å². The molecule has 0 aliphatic rings. The lowest BCUT2D eigenvalue weighted by Crippen LogP contribution is -1.90. The molecule has 11 rings (SSSR count). The van der Waals surface area contributed by atoms with E-state index in [4.69, 9.17) is 0 Å². The Kier molecular flexibility index (Phi) is 6.92. The Balaban J connectivity index is 1.18. The van der Waals surface area contributed by atoms with Crippen LogP contribution in [0.1, 0.15) is 4.88 Å². The topological polar surface area (TPSA) is 0 Å². The van der Waals surface area contributed by atoms with Crippen LogP contribution >= 0.6 is 22.7 Å². The van der Waals surface area contributed by atoms with E-state index in [1.54, 1.807) is 0 Å². The summed E-state index contributed by atoms with van der Waals surface area (Å²) >= 11 is 3.80. The van der Waals surface area contributed by atoms with Crippen molar-refractivity contribution in [2.75, 3.05) is 0 Å². The molecule has 0 amide bonds. The third-order valence-electron chi connectivity index (χ3n) is 11.0. The van der Waals surface area contributed by atoms with Crippen molar-refractivity contribution >= 4 is 85.9 Å². The van der Waals surface area contributed by atoms with Gasteiger partial charge < -0.3 is 0 Å². The molecule has 0 fully saturated rings. The number of rotatable bonds is 4. The molecule has 248 valence electrons. The van der Waals surface area contributed by atoms with Gasteiger partial charge in [0.1, 0.15) is 0 Å². The minimum atomic E-state index is 1.25. The lowest BCUT2D eigenvalue weighted by molar-refractivity contribution is 1.64. The zero-order valence-electron chi connectivity index (χ0n) is 29.1. The summed E-state index contributed by atoms with van der Waals surface area (Å²) in [6.07, 6.45) is 0. The first kappa shape index (κ1) is 30.6. The van der Waals surface area contributed by atoms with E-state index in [-0.39, 0.29) is 0 Å². The minimum absolute atomic E-state index is 1.25. The molecule has 0 N–H and O–H groups in total. The molecule has 0 aliphatic heterocycles. The normalized spacial score (nSPS) is 11.9. The molecule has 0 radical (unpaired) electrons. The average molecular weight is 709 g/mol. The number of hydrogen-bond donors (Lipinski definition) is 0. The molecule has 2 aromatic heterocycles. The van der Waals surface area contributed by atoms with Crippen LogP contribution in [0.25, 0.3) is 107 Å². The standard InChI is InChI=1S/C51H32S2/c1-31-26-28-46(52-31)50-40-22-11-9-20-38(40)49(39-21-10-12-23-41(39)50)43-25-13-24-42-44-30-33(27-29-45(44)53-51(42)43)48-36-18-7-5-16-34(36)47(32-14-3-2-4-15-32)35-17-6-8-19-37(35)48/h2-30H,1H3. The van der Waals surface area contributed by atoms with Crippen molar-refractivity contribution in [1.29, 1.82) is 0 Å². The van der Waals surface area contributed by atoms with E-state index in [1.807, 2.05) is 22.7 Å². The fourth-order valence-electron chi connectivity index (χ4n) is 8.76. The van der Waals surface area contributed by atoms with E-state index >= 15 is 0 Å². The van der Waals surface area contributed by atoms with Crippen molar-refractivity contribution in [3.05, 3.63) is 181 Å². The summed E-state index contributed by atoms with van der Waals surface area (Å²) in [6, 6.07) is 65.4. The number of benzene rings is 9. The monoisotopic (exact) mass is 708 g/mol. The van der Waals surface area contributed by atoms with Crippen molar-refractivity contribution in [3.63, 3.8) is 0 Å². The quantitative estimate of drug-likeness (QED) is 0.160. The molecule has 0 unspecified atom stereocenters. The van der Waals surface area contributed by atoms with Gasteiger partial charge in [-0.05, 0) is 102 Å². The Morgan fingerprint density at radius 3 is 1.36 bits per heavy atom. The molecular formula is C51H32S2. The van der Waals surface area contributed by atoms with Crippen LogP contribution in [0, 0.1) is 6.92 Å². The van der Waals surface area contributed by atoms with Gasteiger partial charge >= 0.3 is 0 Å². The van der Waals surface area contributed by atoms with Gasteiger partial charge in [-0.25, -0.2) is 0 Å². The number of fused-ring (bicyclic) bond motifs is 7. The molecule has 0 bridgehead atoms. The summed E-state index contributed by atoms with van der Waals surface area (Å²) in [4.78, 5) is 2.66. The minimum Gasteiger partial charge on any atom is -0.141 e. The lowest BCUT2D eigenvalue weighted by atomic mass is 9.85. The summed E-state index contributed by atoms with van der Waals surface area (Å²) in [5, 5.41) is 13.0. The highest BCUT2D eigenvalue weighted by molar-refractivity contribution is 7.26. The summed E-state index contributed by atoms with van der Waals surface area (Å²) in [5.74, 6) is 0. The molecule has 0 atom stereocenters. The fourth-order valence-corrected chi connectivity index (χ4v) is 10.9. The Morgan fingerprint density at radius 2 is 0.811 bits per heavy atom. The molecular weight excluding hydrogens is 677 g/mol. The molecule has 9 aromatic carbocycles. The van der Waals surface area contributed by atoms with Crippen LogP contribution in [0.15, 0.2) is 176 Å². The maximum Gasteiger partial charge on any atom is 0.0434 e. The average Bonchev–Trinajstić information content (AvgIpc) is 3.82. The molecule has 11 aromatic rings. The van der Waals surface area contributed by atoms with Crippen LogP contribution in [-0.2, 0) is 0 Å². The third kappa shape index (κ3) is 4.66. The van der Waals surface area contributed by atoms with Gasteiger partial charge in [0.25, 0.3) is 0 Å². The van der Waals surface area contributed by atoms with Crippen molar-refractivity contribution in [1.82, 2.24) is 0 Å².